The zero-order valence-corrected chi connectivity index (χ0v) is 10.7. The molecule has 6 heteroatoms. The van der Waals surface area contributed by atoms with E-state index in [0.717, 1.165) is 5.69 Å². The third-order valence-electron chi connectivity index (χ3n) is 2.84. The van der Waals surface area contributed by atoms with Crippen LogP contribution >= 0.6 is 0 Å². The number of likely N-dealkylation sites (N-methyl/N-ethyl adjacent to an activating group) is 1. The number of hydrogen-bond donors (Lipinski definition) is 1. The number of carbonyl (C=O) groups is 1. The van der Waals surface area contributed by atoms with Crippen LogP contribution in [0.5, 0.6) is 0 Å². The Balaban J connectivity index is 2.16. The van der Waals surface area contributed by atoms with Gasteiger partial charge in [-0.2, -0.15) is 5.10 Å². The quantitative estimate of drug-likeness (QED) is 0.860. The molecule has 0 bridgehead atoms. The van der Waals surface area contributed by atoms with Gasteiger partial charge in [0.1, 0.15) is 12.7 Å². The molecule has 0 aliphatic carbocycles. The van der Waals surface area contributed by atoms with Crippen LogP contribution in [0.4, 0.5) is 0 Å². The number of aliphatic hydroxyl groups excluding tert-OH is 1. The second kappa shape index (κ2) is 6.10. The summed E-state index contributed by atoms with van der Waals surface area (Å²) in [6.45, 7) is 2.78. The van der Waals surface area contributed by atoms with Crippen molar-refractivity contribution in [3.8, 4) is 5.69 Å². The number of nitrogens with zero attached hydrogens (tertiary/aromatic N) is 4. The van der Waals surface area contributed by atoms with Gasteiger partial charge in [0, 0.05) is 18.7 Å². The van der Waals surface area contributed by atoms with Crippen LogP contribution in [-0.2, 0) is 0 Å². The van der Waals surface area contributed by atoms with Gasteiger partial charge in [0.2, 0.25) is 0 Å². The number of aromatic nitrogens is 3. The fraction of sp³-hybridized carbons (Fsp3) is 0.308. The number of carbonyl (C=O) groups excluding carboxylic acids is 1. The monoisotopic (exact) mass is 260 g/mol. The second-order valence-corrected chi connectivity index (χ2v) is 4.00. The van der Waals surface area contributed by atoms with E-state index in [1.54, 1.807) is 28.0 Å². The molecule has 0 saturated carbocycles. The Morgan fingerprint density at radius 3 is 2.63 bits per heavy atom. The molecular formula is C13H16N4O2. The molecule has 0 saturated heterocycles. The van der Waals surface area contributed by atoms with Gasteiger partial charge >= 0.3 is 0 Å². The van der Waals surface area contributed by atoms with Crippen LogP contribution in [-0.4, -0.2) is 50.4 Å². The van der Waals surface area contributed by atoms with E-state index < -0.39 is 0 Å². The Kier molecular flexibility index (Phi) is 4.25. The maximum atomic E-state index is 12.1. The van der Waals surface area contributed by atoms with E-state index in [1.165, 1.54) is 6.33 Å². The van der Waals surface area contributed by atoms with E-state index in [9.17, 15) is 4.79 Å². The summed E-state index contributed by atoms with van der Waals surface area (Å²) < 4.78 is 1.62. The van der Waals surface area contributed by atoms with Crippen LogP contribution in [0.2, 0.25) is 0 Å². The minimum atomic E-state index is -0.0818. The highest BCUT2D eigenvalue weighted by Crippen LogP contribution is 2.10. The molecule has 0 atom stereocenters. The third-order valence-corrected chi connectivity index (χ3v) is 2.84. The molecular weight excluding hydrogens is 244 g/mol. The molecule has 0 aliphatic rings. The summed E-state index contributed by atoms with van der Waals surface area (Å²) in [5.74, 6) is -0.0818. The largest absolute Gasteiger partial charge is 0.395 e. The van der Waals surface area contributed by atoms with E-state index in [0.29, 0.717) is 18.7 Å². The molecule has 2 rings (SSSR count). The van der Waals surface area contributed by atoms with Gasteiger partial charge in [-0.25, -0.2) is 9.67 Å². The molecule has 0 unspecified atom stereocenters. The molecule has 6 nitrogen and oxygen atoms in total. The van der Waals surface area contributed by atoms with Crippen LogP contribution < -0.4 is 0 Å². The van der Waals surface area contributed by atoms with E-state index in [-0.39, 0.29) is 12.5 Å². The smallest absolute Gasteiger partial charge is 0.253 e. The normalized spacial score (nSPS) is 10.4. The van der Waals surface area contributed by atoms with Gasteiger partial charge in [0.25, 0.3) is 5.91 Å². The standard InChI is InChI=1S/C13H16N4O2/c1-2-16(7-8-18)13(19)11-3-5-12(6-4-11)17-10-14-9-15-17/h3-6,9-10,18H,2,7-8H2,1H3. The second-order valence-electron chi connectivity index (χ2n) is 4.00. The predicted molar refractivity (Wildman–Crippen MR) is 70.0 cm³/mol. The van der Waals surface area contributed by atoms with Crippen molar-refractivity contribution in [3.05, 3.63) is 42.5 Å². The van der Waals surface area contributed by atoms with E-state index in [1.807, 2.05) is 19.1 Å². The molecule has 100 valence electrons. The molecule has 2 aromatic rings. The van der Waals surface area contributed by atoms with Crippen molar-refractivity contribution >= 4 is 5.91 Å². The van der Waals surface area contributed by atoms with Crippen molar-refractivity contribution in [3.63, 3.8) is 0 Å². The lowest BCUT2D eigenvalue weighted by atomic mass is 10.2. The first-order valence-electron chi connectivity index (χ1n) is 6.11. The van der Waals surface area contributed by atoms with Crippen molar-refractivity contribution in [1.82, 2.24) is 19.7 Å². The highest BCUT2D eigenvalue weighted by molar-refractivity contribution is 5.94. The first-order chi connectivity index (χ1) is 9.26. The molecule has 1 aromatic heterocycles. The van der Waals surface area contributed by atoms with Crippen LogP contribution in [0.1, 0.15) is 17.3 Å². The average molecular weight is 260 g/mol. The van der Waals surface area contributed by atoms with Crippen LogP contribution in [0, 0.1) is 0 Å². The van der Waals surface area contributed by atoms with Gasteiger partial charge in [-0.1, -0.05) is 0 Å². The number of amides is 1. The van der Waals surface area contributed by atoms with Gasteiger partial charge in [-0.05, 0) is 31.2 Å². The van der Waals surface area contributed by atoms with E-state index in [4.69, 9.17) is 5.11 Å². The summed E-state index contributed by atoms with van der Waals surface area (Å²) in [4.78, 5) is 17.6. The predicted octanol–water partition coefficient (Wildman–Crippen LogP) is 0.722. The maximum absolute atomic E-state index is 12.1. The summed E-state index contributed by atoms with van der Waals surface area (Å²) in [7, 11) is 0. The lowest BCUT2D eigenvalue weighted by Crippen LogP contribution is -2.33. The Bertz CT molecular complexity index is 522. The molecule has 1 aromatic carbocycles. The summed E-state index contributed by atoms with van der Waals surface area (Å²) in [5.41, 5.74) is 1.44. The number of aliphatic hydroxyl groups is 1. The average Bonchev–Trinajstić information content (AvgIpc) is 2.98. The van der Waals surface area contributed by atoms with Crippen molar-refractivity contribution < 1.29 is 9.90 Å². The molecule has 1 heterocycles. The summed E-state index contributed by atoms with van der Waals surface area (Å²) in [6, 6.07) is 7.13. The lowest BCUT2D eigenvalue weighted by molar-refractivity contribution is 0.0732. The molecule has 19 heavy (non-hydrogen) atoms. The Morgan fingerprint density at radius 2 is 2.11 bits per heavy atom. The van der Waals surface area contributed by atoms with Crippen molar-refractivity contribution in [2.45, 2.75) is 6.92 Å². The number of benzene rings is 1. The zero-order valence-electron chi connectivity index (χ0n) is 10.7. The minimum Gasteiger partial charge on any atom is -0.395 e. The Hall–Kier alpha value is -2.21. The fourth-order valence-corrected chi connectivity index (χ4v) is 1.80. The van der Waals surface area contributed by atoms with E-state index in [2.05, 4.69) is 10.1 Å². The van der Waals surface area contributed by atoms with Gasteiger partial charge in [-0.3, -0.25) is 4.79 Å². The van der Waals surface area contributed by atoms with E-state index >= 15 is 0 Å². The minimum absolute atomic E-state index is 0.0311. The highest BCUT2D eigenvalue weighted by Gasteiger charge is 2.13. The molecule has 0 fully saturated rings. The Labute approximate surface area is 111 Å². The molecule has 0 aliphatic heterocycles. The fourth-order valence-electron chi connectivity index (χ4n) is 1.80. The lowest BCUT2D eigenvalue weighted by Gasteiger charge is -2.19. The van der Waals surface area contributed by atoms with Crippen LogP contribution in [0.25, 0.3) is 5.69 Å². The van der Waals surface area contributed by atoms with Gasteiger partial charge < -0.3 is 10.0 Å². The van der Waals surface area contributed by atoms with Crippen LogP contribution in [0.15, 0.2) is 36.9 Å². The molecule has 0 radical (unpaired) electrons. The van der Waals surface area contributed by atoms with Gasteiger partial charge in [0.15, 0.2) is 0 Å². The molecule has 1 amide bonds. The first kappa shape index (κ1) is 13.2. The maximum Gasteiger partial charge on any atom is 0.253 e. The highest BCUT2D eigenvalue weighted by atomic mass is 16.3. The van der Waals surface area contributed by atoms with Gasteiger partial charge in [0.05, 0.1) is 12.3 Å². The summed E-state index contributed by atoms with van der Waals surface area (Å²) in [6.07, 6.45) is 3.06. The van der Waals surface area contributed by atoms with Gasteiger partial charge in [-0.15, -0.1) is 0 Å². The zero-order chi connectivity index (χ0) is 13.7. The number of rotatable bonds is 5. The van der Waals surface area contributed by atoms with Crippen molar-refractivity contribution in [1.29, 1.82) is 0 Å². The molecule has 1 N–H and O–H groups in total. The molecule has 0 spiro atoms. The first-order valence-corrected chi connectivity index (χ1v) is 6.11. The SMILES string of the molecule is CCN(CCO)C(=O)c1ccc(-n2cncn2)cc1. The third kappa shape index (κ3) is 2.97. The topological polar surface area (TPSA) is 71.2 Å². The Morgan fingerprint density at radius 1 is 1.37 bits per heavy atom. The number of hydrogen-bond acceptors (Lipinski definition) is 4. The summed E-state index contributed by atoms with van der Waals surface area (Å²) in [5, 5.41) is 12.9. The van der Waals surface area contributed by atoms with Crippen molar-refractivity contribution in [2.75, 3.05) is 19.7 Å². The van der Waals surface area contributed by atoms with Crippen LogP contribution in [0.3, 0.4) is 0 Å². The van der Waals surface area contributed by atoms with Crippen molar-refractivity contribution in [2.24, 2.45) is 0 Å². The summed E-state index contributed by atoms with van der Waals surface area (Å²) >= 11 is 0.